The zero-order valence-electron chi connectivity index (χ0n) is 26.7. The molecule has 2 aromatic heterocycles. The van der Waals surface area contributed by atoms with E-state index >= 15 is 0 Å². The molecule has 0 fully saturated rings. The molecule has 0 saturated carbocycles. The van der Waals surface area contributed by atoms with E-state index in [1.54, 1.807) is 0 Å². The lowest BCUT2D eigenvalue weighted by atomic mass is 9.82. The van der Waals surface area contributed by atoms with Crippen molar-refractivity contribution in [1.82, 2.24) is 0 Å². The second kappa shape index (κ2) is 9.97. The number of fused-ring (bicyclic) bond motifs is 9. The highest BCUT2D eigenvalue weighted by molar-refractivity contribution is 6.20. The molecule has 1 aliphatic carbocycles. The smallest absolute Gasteiger partial charge is 0.137 e. The molecular weight excluding hydrogens is 587 g/mol. The maximum Gasteiger partial charge on any atom is 0.137 e. The fraction of sp³-hybridized carbons (Fsp3) is 0.0667. The van der Waals surface area contributed by atoms with Crippen LogP contribution in [0.25, 0.3) is 66.1 Å². The van der Waals surface area contributed by atoms with Crippen LogP contribution in [0.5, 0.6) is 0 Å². The molecule has 0 radical (unpaired) electrons. The topological polar surface area (TPSA) is 29.5 Å². The van der Waals surface area contributed by atoms with Gasteiger partial charge in [-0.15, -0.1) is 0 Å². The zero-order chi connectivity index (χ0) is 32.0. The Hall–Kier alpha value is -6.06. The van der Waals surface area contributed by atoms with Crippen molar-refractivity contribution >= 4 is 60.9 Å². The molecule has 10 rings (SSSR count). The van der Waals surface area contributed by atoms with Crippen LogP contribution in [0, 0.1) is 0 Å². The van der Waals surface area contributed by atoms with Crippen LogP contribution in [-0.4, -0.2) is 0 Å². The van der Waals surface area contributed by atoms with E-state index in [1.807, 2.05) is 6.07 Å². The van der Waals surface area contributed by atoms with Crippen LogP contribution in [0.4, 0.5) is 17.1 Å². The van der Waals surface area contributed by atoms with E-state index in [1.165, 1.54) is 22.3 Å². The number of hydrogen-bond acceptors (Lipinski definition) is 3. The SMILES string of the molecule is CC1(C)c2ccccc2-c2ccc(N(c3ccccc3)c3cccc4oc5cc6c(cc5c34)oc3cccc(-c4ccccc4)c36)cc21. The normalized spacial score (nSPS) is 13.4. The summed E-state index contributed by atoms with van der Waals surface area (Å²) in [6.07, 6.45) is 0. The van der Waals surface area contributed by atoms with E-state index in [4.69, 9.17) is 8.83 Å². The summed E-state index contributed by atoms with van der Waals surface area (Å²) in [5.74, 6) is 0. The van der Waals surface area contributed by atoms with Crippen LogP contribution >= 0.6 is 0 Å². The Morgan fingerprint density at radius 2 is 1.04 bits per heavy atom. The fourth-order valence-corrected chi connectivity index (χ4v) is 8.01. The van der Waals surface area contributed by atoms with Crippen molar-refractivity contribution in [1.29, 1.82) is 0 Å². The van der Waals surface area contributed by atoms with Gasteiger partial charge in [0.15, 0.2) is 0 Å². The van der Waals surface area contributed by atoms with Gasteiger partial charge in [-0.3, -0.25) is 0 Å². The highest BCUT2D eigenvalue weighted by Crippen LogP contribution is 2.51. The summed E-state index contributed by atoms with van der Waals surface area (Å²) in [4.78, 5) is 2.37. The second-order valence-corrected chi connectivity index (χ2v) is 13.3. The van der Waals surface area contributed by atoms with Gasteiger partial charge in [-0.2, -0.15) is 0 Å². The van der Waals surface area contributed by atoms with Crippen molar-refractivity contribution in [2.45, 2.75) is 19.3 Å². The molecule has 228 valence electrons. The molecule has 7 aromatic carbocycles. The van der Waals surface area contributed by atoms with Gasteiger partial charge in [-0.05, 0) is 88.0 Å². The van der Waals surface area contributed by atoms with Gasteiger partial charge in [0.1, 0.15) is 22.3 Å². The Morgan fingerprint density at radius 3 is 1.81 bits per heavy atom. The standard InChI is InChI=1S/C45H31NO2/c1-45(2)36-19-10-9-17-32(36)33-24-23-30(25-37(33)45)46(29-15-7-4-8-16-29)38-20-12-22-40-44(38)35-27-41-34(26-42(35)48-40)43-31(18-11-21-39(43)47-41)28-13-5-3-6-14-28/h3-27H,1-2H3. The second-order valence-electron chi connectivity index (χ2n) is 13.3. The number of nitrogens with zero attached hydrogens (tertiary/aromatic N) is 1. The lowest BCUT2D eigenvalue weighted by Gasteiger charge is -2.28. The molecule has 48 heavy (non-hydrogen) atoms. The minimum Gasteiger partial charge on any atom is -0.456 e. The molecule has 9 aromatic rings. The summed E-state index contributed by atoms with van der Waals surface area (Å²) in [7, 11) is 0. The number of hydrogen-bond donors (Lipinski definition) is 0. The van der Waals surface area contributed by atoms with Gasteiger partial charge >= 0.3 is 0 Å². The monoisotopic (exact) mass is 617 g/mol. The molecular formula is C45H31NO2. The van der Waals surface area contributed by atoms with Gasteiger partial charge in [0.2, 0.25) is 0 Å². The van der Waals surface area contributed by atoms with E-state index in [0.717, 1.165) is 72.1 Å². The van der Waals surface area contributed by atoms with Crippen molar-refractivity contribution < 1.29 is 8.83 Å². The molecule has 3 heteroatoms. The van der Waals surface area contributed by atoms with Crippen LogP contribution in [0.2, 0.25) is 0 Å². The van der Waals surface area contributed by atoms with Crippen molar-refractivity contribution in [3.8, 4) is 22.3 Å². The van der Waals surface area contributed by atoms with Crippen LogP contribution in [0.15, 0.2) is 160 Å². The van der Waals surface area contributed by atoms with E-state index < -0.39 is 0 Å². The molecule has 0 aliphatic heterocycles. The molecule has 0 bridgehead atoms. The third-order valence-corrected chi connectivity index (χ3v) is 10.3. The molecule has 0 amide bonds. The Balaban J connectivity index is 1.21. The molecule has 3 nitrogen and oxygen atoms in total. The minimum atomic E-state index is -0.107. The van der Waals surface area contributed by atoms with Crippen molar-refractivity contribution in [2.24, 2.45) is 0 Å². The molecule has 1 aliphatic rings. The zero-order valence-corrected chi connectivity index (χ0v) is 26.7. The van der Waals surface area contributed by atoms with E-state index in [-0.39, 0.29) is 5.41 Å². The molecule has 0 saturated heterocycles. The molecule has 0 N–H and O–H groups in total. The Bertz CT molecular complexity index is 2700. The van der Waals surface area contributed by atoms with Gasteiger partial charge < -0.3 is 13.7 Å². The quantitative estimate of drug-likeness (QED) is 0.197. The van der Waals surface area contributed by atoms with E-state index in [2.05, 4.69) is 164 Å². The molecule has 0 spiro atoms. The van der Waals surface area contributed by atoms with Gasteiger partial charge in [0, 0.05) is 32.9 Å². The predicted octanol–water partition coefficient (Wildman–Crippen LogP) is 12.9. The summed E-state index contributed by atoms with van der Waals surface area (Å²) in [5, 5.41) is 4.25. The summed E-state index contributed by atoms with van der Waals surface area (Å²) >= 11 is 0. The average molecular weight is 618 g/mol. The van der Waals surface area contributed by atoms with Gasteiger partial charge in [0.05, 0.1) is 11.1 Å². The summed E-state index contributed by atoms with van der Waals surface area (Å²) in [6.45, 7) is 4.67. The summed E-state index contributed by atoms with van der Waals surface area (Å²) in [6, 6.07) is 53.9. The minimum absolute atomic E-state index is 0.107. The number of para-hydroxylation sites is 1. The van der Waals surface area contributed by atoms with Gasteiger partial charge in [-0.25, -0.2) is 0 Å². The number of furan rings is 2. The third-order valence-electron chi connectivity index (χ3n) is 10.3. The number of rotatable bonds is 4. The van der Waals surface area contributed by atoms with Crippen LogP contribution < -0.4 is 4.90 Å². The van der Waals surface area contributed by atoms with Crippen LogP contribution in [0.1, 0.15) is 25.0 Å². The lowest BCUT2D eigenvalue weighted by Crippen LogP contribution is -2.16. The first-order valence-corrected chi connectivity index (χ1v) is 16.5. The first-order chi connectivity index (χ1) is 23.6. The molecule has 2 heterocycles. The largest absolute Gasteiger partial charge is 0.456 e. The summed E-state index contributed by atoms with van der Waals surface area (Å²) < 4.78 is 13.2. The number of benzene rings is 7. The van der Waals surface area contributed by atoms with E-state index in [0.29, 0.717) is 0 Å². The Kier molecular flexibility index (Phi) is 5.63. The first kappa shape index (κ1) is 27.1. The predicted molar refractivity (Wildman–Crippen MR) is 199 cm³/mol. The summed E-state index contributed by atoms with van der Waals surface area (Å²) in [5.41, 5.74) is 14.2. The lowest BCUT2D eigenvalue weighted by molar-refractivity contribution is 0.660. The van der Waals surface area contributed by atoms with Gasteiger partial charge in [0.25, 0.3) is 0 Å². The third kappa shape index (κ3) is 3.82. The first-order valence-electron chi connectivity index (χ1n) is 16.5. The highest BCUT2D eigenvalue weighted by atomic mass is 16.3. The highest BCUT2D eigenvalue weighted by Gasteiger charge is 2.36. The van der Waals surface area contributed by atoms with Gasteiger partial charge in [-0.1, -0.05) is 111 Å². The van der Waals surface area contributed by atoms with Crippen molar-refractivity contribution in [3.63, 3.8) is 0 Å². The van der Waals surface area contributed by atoms with Crippen LogP contribution in [-0.2, 0) is 5.41 Å². The van der Waals surface area contributed by atoms with Crippen molar-refractivity contribution in [2.75, 3.05) is 4.90 Å². The molecule has 0 atom stereocenters. The maximum absolute atomic E-state index is 6.67. The van der Waals surface area contributed by atoms with E-state index in [9.17, 15) is 0 Å². The maximum atomic E-state index is 6.67. The Morgan fingerprint density at radius 1 is 0.438 bits per heavy atom. The number of anilines is 3. The fourth-order valence-electron chi connectivity index (χ4n) is 8.01. The average Bonchev–Trinajstić information content (AvgIpc) is 3.75. The molecule has 0 unspecified atom stereocenters. The van der Waals surface area contributed by atoms with Crippen LogP contribution in [0.3, 0.4) is 0 Å². The van der Waals surface area contributed by atoms with Crippen molar-refractivity contribution in [3.05, 3.63) is 163 Å². The Labute approximate surface area is 278 Å².